The van der Waals surface area contributed by atoms with Crippen LogP contribution >= 0.6 is 0 Å². The zero-order valence-corrected chi connectivity index (χ0v) is 28.5. The number of nitrogens with zero attached hydrogens (tertiary/aromatic N) is 6. The molecule has 0 saturated heterocycles. The molecule has 0 aliphatic heterocycles. The average molecular weight is 665 g/mol. The molecular weight excluding hydrogens is 629 g/mol. The fourth-order valence-electron chi connectivity index (χ4n) is 6.74. The Balaban J connectivity index is 1.14. The molecule has 0 fully saturated rings. The van der Waals surface area contributed by atoms with E-state index in [0.29, 0.717) is 12.4 Å². The van der Waals surface area contributed by atoms with Gasteiger partial charge in [-0.05, 0) is 64.1 Å². The zero-order chi connectivity index (χ0) is 34.6. The predicted octanol–water partition coefficient (Wildman–Crippen LogP) is 9.24. The fraction of sp³-hybridized carbons (Fsp3) is 0.114. The summed E-state index contributed by atoms with van der Waals surface area (Å²) in [7, 11) is 0. The second-order valence-electron chi connectivity index (χ2n) is 12.5. The number of hydrogen-bond acceptors (Lipinski definition) is 6. The van der Waals surface area contributed by atoms with Crippen LogP contribution in [-0.4, -0.2) is 30.2 Å². The minimum absolute atomic E-state index is 0.413. The van der Waals surface area contributed by atoms with Gasteiger partial charge in [0.25, 0.3) is 0 Å². The van der Waals surface area contributed by atoms with Crippen LogP contribution in [0.2, 0.25) is 0 Å². The van der Waals surface area contributed by atoms with Gasteiger partial charge in [0.15, 0.2) is 5.54 Å². The van der Waals surface area contributed by atoms with E-state index in [2.05, 4.69) is 116 Å². The summed E-state index contributed by atoms with van der Waals surface area (Å²) >= 11 is 0. The Labute approximate surface area is 297 Å². The van der Waals surface area contributed by atoms with E-state index in [-0.39, 0.29) is 0 Å². The van der Waals surface area contributed by atoms with Gasteiger partial charge in [-0.3, -0.25) is 4.98 Å². The summed E-state index contributed by atoms with van der Waals surface area (Å²) < 4.78 is 6.35. The van der Waals surface area contributed by atoms with Gasteiger partial charge in [0.2, 0.25) is 5.82 Å². The van der Waals surface area contributed by atoms with E-state index >= 15 is 0 Å². The number of rotatable bonds is 10. The lowest BCUT2D eigenvalue weighted by Crippen LogP contribution is -2.39. The number of aryl methyl sites for hydroxylation is 2. The van der Waals surface area contributed by atoms with Crippen molar-refractivity contribution in [1.29, 1.82) is 0 Å². The van der Waals surface area contributed by atoms with Crippen molar-refractivity contribution in [3.05, 3.63) is 191 Å². The van der Waals surface area contributed by atoms with Crippen molar-refractivity contribution in [2.24, 2.45) is 0 Å². The Morgan fingerprint density at radius 2 is 1.22 bits per heavy atom. The van der Waals surface area contributed by atoms with Crippen LogP contribution < -0.4 is 4.74 Å². The molecule has 0 radical (unpaired) electrons. The highest BCUT2D eigenvalue weighted by Gasteiger charge is 2.41. The molecule has 0 N–H and O–H groups in total. The number of benzene rings is 5. The summed E-state index contributed by atoms with van der Waals surface area (Å²) in [6.45, 7) is 4.49. The van der Waals surface area contributed by atoms with Gasteiger partial charge in [-0.1, -0.05) is 146 Å². The van der Waals surface area contributed by atoms with Crippen LogP contribution in [0.4, 0.5) is 0 Å². The van der Waals surface area contributed by atoms with Gasteiger partial charge in [-0.2, -0.15) is 0 Å². The van der Waals surface area contributed by atoms with E-state index in [1.165, 1.54) is 0 Å². The molecule has 51 heavy (non-hydrogen) atoms. The van der Waals surface area contributed by atoms with Gasteiger partial charge in [-0.25, -0.2) is 4.98 Å². The smallest absolute Gasteiger partial charge is 0.205 e. The minimum Gasteiger partial charge on any atom is -0.486 e. The molecule has 248 valence electrons. The Morgan fingerprint density at radius 3 is 1.82 bits per heavy atom. The number of hydrogen-bond donors (Lipinski definition) is 0. The van der Waals surface area contributed by atoms with Gasteiger partial charge in [0, 0.05) is 23.0 Å². The van der Waals surface area contributed by atoms with E-state index < -0.39 is 5.54 Å². The Morgan fingerprint density at radius 1 is 0.627 bits per heavy atom. The Hall–Kier alpha value is -6.47. The third-order valence-electron chi connectivity index (χ3n) is 9.29. The van der Waals surface area contributed by atoms with Crippen molar-refractivity contribution < 1.29 is 4.74 Å². The second kappa shape index (κ2) is 13.8. The lowest BCUT2D eigenvalue weighted by molar-refractivity contribution is 0.309. The van der Waals surface area contributed by atoms with E-state index in [4.69, 9.17) is 30.1 Å². The highest BCUT2D eigenvalue weighted by atomic mass is 16.5. The molecule has 0 aliphatic carbocycles. The first kappa shape index (κ1) is 31.8. The molecule has 0 atom stereocenters. The van der Waals surface area contributed by atoms with Crippen LogP contribution in [0, 0.1) is 6.92 Å². The van der Waals surface area contributed by atoms with Gasteiger partial charge in [0.1, 0.15) is 17.9 Å². The summed E-state index contributed by atoms with van der Waals surface area (Å²) in [4.78, 5) is 11.2. The standard InChI is InChI=1S/C44H36N6O/c1-3-37-29-41(42-40(46-37)28-23-31(2)45-42)51-30-32-24-26-33(27-25-32)38-21-13-14-22-39(38)43-47-49-50(48-43)44(34-15-7-4-8-16-34,35-17-9-5-10-18-35)36-19-11-6-12-20-36/h4-29H,3,30H2,1-2H3. The van der Waals surface area contributed by atoms with E-state index in [1.54, 1.807) is 4.80 Å². The van der Waals surface area contributed by atoms with Crippen LogP contribution in [0.5, 0.6) is 5.75 Å². The maximum Gasteiger partial charge on any atom is 0.205 e. The maximum atomic E-state index is 6.35. The van der Waals surface area contributed by atoms with Crippen molar-refractivity contribution in [1.82, 2.24) is 30.2 Å². The molecule has 3 aromatic heterocycles. The third kappa shape index (κ3) is 6.04. The molecule has 7 nitrogen and oxygen atoms in total. The Bertz CT molecular complexity index is 2310. The van der Waals surface area contributed by atoms with Crippen molar-refractivity contribution in [3.8, 4) is 28.3 Å². The summed E-state index contributed by atoms with van der Waals surface area (Å²) in [6.07, 6.45) is 0.822. The molecule has 0 unspecified atom stereocenters. The molecule has 0 saturated carbocycles. The van der Waals surface area contributed by atoms with Crippen LogP contribution in [0.25, 0.3) is 33.5 Å². The fourth-order valence-corrected chi connectivity index (χ4v) is 6.74. The van der Waals surface area contributed by atoms with E-state index in [1.807, 2.05) is 55.5 Å². The highest BCUT2D eigenvalue weighted by Crippen LogP contribution is 2.40. The lowest BCUT2D eigenvalue weighted by atomic mass is 9.77. The number of pyridine rings is 2. The predicted molar refractivity (Wildman–Crippen MR) is 201 cm³/mol. The average Bonchev–Trinajstić information content (AvgIpc) is 3.69. The molecular formula is C44H36N6O. The number of fused-ring (bicyclic) bond motifs is 1. The molecule has 8 aromatic rings. The van der Waals surface area contributed by atoms with Crippen LogP contribution in [0.3, 0.4) is 0 Å². The third-order valence-corrected chi connectivity index (χ3v) is 9.29. The maximum absolute atomic E-state index is 6.35. The first-order chi connectivity index (χ1) is 25.1. The molecule has 0 spiro atoms. The summed E-state index contributed by atoms with van der Waals surface area (Å²) in [5, 5.41) is 14.6. The largest absolute Gasteiger partial charge is 0.486 e. The number of aromatic nitrogens is 6. The quantitative estimate of drug-likeness (QED) is 0.136. The molecule has 0 aliphatic rings. The SMILES string of the molecule is CCc1cc(OCc2ccc(-c3ccccc3-c3nnn(C(c4ccccc4)(c4ccccc4)c4ccccc4)n3)cc2)c2nc(C)ccc2n1. The monoisotopic (exact) mass is 664 g/mol. The topological polar surface area (TPSA) is 78.6 Å². The van der Waals surface area contributed by atoms with Crippen LogP contribution in [-0.2, 0) is 18.6 Å². The molecule has 8 rings (SSSR count). The Kier molecular flexibility index (Phi) is 8.60. The van der Waals surface area contributed by atoms with Crippen molar-refractivity contribution in [2.45, 2.75) is 32.4 Å². The van der Waals surface area contributed by atoms with E-state index in [0.717, 1.165) is 73.5 Å². The molecule has 5 aromatic carbocycles. The van der Waals surface area contributed by atoms with Crippen molar-refractivity contribution >= 4 is 11.0 Å². The van der Waals surface area contributed by atoms with Crippen molar-refractivity contribution in [3.63, 3.8) is 0 Å². The van der Waals surface area contributed by atoms with Crippen molar-refractivity contribution in [2.75, 3.05) is 0 Å². The first-order valence-corrected chi connectivity index (χ1v) is 17.2. The normalized spacial score (nSPS) is 11.5. The van der Waals surface area contributed by atoms with Crippen LogP contribution in [0.15, 0.2) is 158 Å². The summed E-state index contributed by atoms with van der Waals surface area (Å²) in [5.41, 5.74) is 9.82. The second-order valence-corrected chi connectivity index (χ2v) is 12.5. The van der Waals surface area contributed by atoms with Gasteiger partial charge >= 0.3 is 0 Å². The van der Waals surface area contributed by atoms with Gasteiger partial charge in [-0.15, -0.1) is 15.0 Å². The van der Waals surface area contributed by atoms with Crippen LogP contribution in [0.1, 0.15) is 40.6 Å². The lowest BCUT2D eigenvalue weighted by Gasteiger charge is -2.34. The highest BCUT2D eigenvalue weighted by molar-refractivity contribution is 5.82. The zero-order valence-electron chi connectivity index (χ0n) is 28.5. The molecule has 0 bridgehead atoms. The molecule has 0 amide bonds. The van der Waals surface area contributed by atoms with E-state index in [9.17, 15) is 0 Å². The molecule has 7 heteroatoms. The summed E-state index contributed by atoms with van der Waals surface area (Å²) in [6, 6.07) is 53.8. The summed E-state index contributed by atoms with van der Waals surface area (Å²) in [5.74, 6) is 1.30. The number of tetrazole rings is 1. The molecule has 3 heterocycles. The minimum atomic E-state index is -0.849. The number of ether oxygens (including phenoxy) is 1. The van der Waals surface area contributed by atoms with Gasteiger partial charge < -0.3 is 4.74 Å². The first-order valence-electron chi connectivity index (χ1n) is 17.2. The van der Waals surface area contributed by atoms with Gasteiger partial charge in [0.05, 0.1) is 5.52 Å².